The third-order valence-electron chi connectivity index (χ3n) is 1.96. The van der Waals surface area contributed by atoms with Gasteiger partial charge in [-0.05, 0) is 13.5 Å². The molecule has 2 aliphatic rings. The topological polar surface area (TPSA) is 101 Å². The molecule has 6 nitrogen and oxygen atoms in total. The maximum atomic E-state index is 8.11. The van der Waals surface area contributed by atoms with E-state index in [4.69, 9.17) is 24.4 Å². The van der Waals surface area contributed by atoms with Crippen LogP contribution < -0.4 is 5.73 Å². The maximum Gasteiger partial charge on any atom is 0.151 e. The second-order valence-electron chi connectivity index (χ2n) is 3.72. The van der Waals surface area contributed by atoms with Crippen LogP contribution in [0.3, 0.4) is 0 Å². The Hall–Kier alpha value is -0.240. The van der Waals surface area contributed by atoms with Crippen LogP contribution in [0.4, 0.5) is 0 Å². The summed E-state index contributed by atoms with van der Waals surface area (Å²) in [7, 11) is 1.50. The molecule has 0 aromatic rings. The molecule has 2 heterocycles. The Balaban J connectivity index is 0.000000283. The molecule has 0 amide bonds. The van der Waals surface area contributed by atoms with Gasteiger partial charge >= 0.3 is 0 Å². The molecule has 0 aromatic heterocycles. The minimum Gasteiger partial charge on any atom is -0.376 e. The number of ether oxygens (including phenoxy) is 3. The molecule has 4 N–H and O–H groups in total. The van der Waals surface area contributed by atoms with Crippen molar-refractivity contribution in [3.63, 3.8) is 0 Å². The van der Waals surface area contributed by atoms with Gasteiger partial charge in [0.2, 0.25) is 0 Å². The van der Waals surface area contributed by atoms with Gasteiger partial charge in [0, 0.05) is 0 Å². The van der Waals surface area contributed by atoms with Crippen LogP contribution in [0, 0.1) is 0 Å². The largest absolute Gasteiger partial charge is 0.376 e. The molecule has 104 valence electrons. The lowest BCUT2D eigenvalue weighted by Gasteiger charge is -1.95. The summed E-state index contributed by atoms with van der Waals surface area (Å²) < 4.78 is 15.1. The van der Waals surface area contributed by atoms with Crippen molar-refractivity contribution in [1.82, 2.24) is 0 Å². The molecule has 0 saturated carbocycles. The molecular formula is C11H25NO5. The lowest BCUT2D eigenvalue weighted by molar-refractivity contribution is -0.0453. The Kier molecular flexibility index (Phi) is 10.7. The summed E-state index contributed by atoms with van der Waals surface area (Å²) in [4.78, 5) is 0. The number of aliphatic hydroxyl groups is 2. The first-order valence-corrected chi connectivity index (χ1v) is 5.97. The molecular weight excluding hydrogens is 226 g/mol. The van der Waals surface area contributed by atoms with Crippen LogP contribution in [0.2, 0.25) is 0 Å². The van der Waals surface area contributed by atoms with E-state index in [0.717, 1.165) is 32.8 Å². The van der Waals surface area contributed by atoms with Crippen LogP contribution in [-0.4, -0.2) is 62.2 Å². The summed E-state index contributed by atoms with van der Waals surface area (Å²) in [5.74, 6) is 0. The molecule has 0 aliphatic carbocycles. The fourth-order valence-electron chi connectivity index (χ4n) is 0.918. The molecule has 2 fully saturated rings. The standard InChI is InChI=1S/C6H10O3.C4H10O2.CH5N/c1(5-3-8-5)7-2-6-4-9-6;1-2-3-4(5)6;1-2/h5-6H,1-4H2;4-6H,2-3H2,1H3;2H2,1H3. The van der Waals surface area contributed by atoms with E-state index in [1.54, 1.807) is 0 Å². The quantitative estimate of drug-likeness (QED) is 0.433. The van der Waals surface area contributed by atoms with E-state index in [2.05, 4.69) is 5.73 Å². The van der Waals surface area contributed by atoms with Gasteiger partial charge in [-0.3, -0.25) is 0 Å². The summed E-state index contributed by atoms with van der Waals surface area (Å²) in [6.45, 7) is 5.16. The normalized spacial score (nSPS) is 24.4. The average Bonchev–Trinajstić information content (AvgIpc) is 3.16. The summed E-state index contributed by atoms with van der Waals surface area (Å²) in [6.07, 6.45) is 1.000. The zero-order valence-electron chi connectivity index (χ0n) is 10.7. The molecule has 0 spiro atoms. The summed E-state index contributed by atoms with van der Waals surface area (Å²) >= 11 is 0. The van der Waals surface area contributed by atoms with Crippen molar-refractivity contribution in [2.75, 3.05) is 33.5 Å². The molecule has 6 heteroatoms. The molecule has 2 atom stereocenters. The molecule has 0 radical (unpaired) electrons. The highest BCUT2D eigenvalue weighted by molar-refractivity contribution is 4.71. The van der Waals surface area contributed by atoms with Crippen LogP contribution in [0.25, 0.3) is 0 Å². The van der Waals surface area contributed by atoms with Gasteiger partial charge in [0.1, 0.15) is 12.2 Å². The number of aliphatic hydroxyl groups excluding tert-OH is 1. The Labute approximate surface area is 103 Å². The molecule has 2 unspecified atom stereocenters. The van der Waals surface area contributed by atoms with Gasteiger partial charge in [-0.15, -0.1) is 0 Å². The summed E-state index contributed by atoms with van der Waals surface area (Å²) in [5, 5.41) is 16.2. The van der Waals surface area contributed by atoms with E-state index >= 15 is 0 Å². The highest BCUT2D eigenvalue weighted by Crippen LogP contribution is 2.12. The first-order valence-electron chi connectivity index (χ1n) is 5.97. The van der Waals surface area contributed by atoms with Gasteiger partial charge in [-0.1, -0.05) is 13.3 Å². The number of rotatable bonds is 6. The molecule has 17 heavy (non-hydrogen) atoms. The van der Waals surface area contributed by atoms with Crippen LogP contribution in [0.15, 0.2) is 0 Å². The van der Waals surface area contributed by atoms with Crippen LogP contribution in [-0.2, 0) is 14.2 Å². The highest BCUT2D eigenvalue weighted by atomic mass is 16.6. The lowest BCUT2D eigenvalue weighted by atomic mass is 10.3. The third-order valence-corrected chi connectivity index (χ3v) is 1.96. The van der Waals surface area contributed by atoms with Crippen molar-refractivity contribution in [2.45, 2.75) is 38.3 Å². The van der Waals surface area contributed by atoms with Gasteiger partial charge in [-0.25, -0.2) is 0 Å². The second kappa shape index (κ2) is 10.9. The molecule has 2 aliphatic heterocycles. The molecule has 0 aromatic carbocycles. The van der Waals surface area contributed by atoms with Crippen LogP contribution >= 0.6 is 0 Å². The first-order chi connectivity index (χ1) is 8.22. The van der Waals surface area contributed by atoms with Gasteiger partial charge in [-0.2, -0.15) is 0 Å². The van der Waals surface area contributed by atoms with E-state index in [1.165, 1.54) is 7.05 Å². The number of nitrogens with two attached hydrogens (primary N) is 1. The Morgan fingerprint density at radius 3 is 1.76 bits per heavy atom. The number of hydrogen-bond acceptors (Lipinski definition) is 6. The predicted molar refractivity (Wildman–Crippen MR) is 63.5 cm³/mol. The van der Waals surface area contributed by atoms with Crippen molar-refractivity contribution < 1.29 is 24.4 Å². The zero-order chi connectivity index (χ0) is 13.1. The van der Waals surface area contributed by atoms with E-state index < -0.39 is 6.29 Å². The first kappa shape index (κ1) is 16.8. The zero-order valence-corrected chi connectivity index (χ0v) is 10.7. The van der Waals surface area contributed by atoms with Crippen molar-refractivity contribution >= 4 is 0 Å². The van der Waals surface area contributed by atoms with Crippen molar-refractivity contribution in [3.05, 3.63) is 0 Å². The predicted octanol–water partition coefficient (Wildman–Crippen LogP) is -0.527. The minimum atomic E-state index is -1.10. The van der Waals surface area contributed by atoms with Crippen molar-refractivity contribution in [1.29, 1.82) is 0 Å². The minimum absolute atomic E-state index is 0.392. The van der Waals surface area contributed by atoms with Crippen LogP contribution in [0.5, 0.6) is 0 Å². The number of hydrogen-bond donors (Lipinski definition) is 3. The molecule has 2 saturated heterocycles. The Morgan fingerprint density at radius 1 is 1.18 bits per heavy atom. The van der Waals surface area contributed by atoms with E-state index in [-0.39, 0.29) is 0 Å². The molecule has 0 bridgehead atoms. The maximum absolute atomic E-state index is 8.11. The smallest absolute Gasteiger partial charge is 0.151 e. The van der Waals surface area contributed by atoms with Gasteiger partial charge in [0.15, 0.2) is 6.29 Å². The average molecular weight is 251 g/mol. The SMILES string of the molecule is C(OCC1CO1)C1CO1.CCCC(O)O.CN. The highest BCUT2D eigenvalue weighted by Gasteiger charge is 2.26. The van der Waals surface area contributed by atoms with E-state index in [1.807, 2.05) is 6.92 Å². The number of epoxide rings is 2. The second-order valence-corrected chi connectivity index (χ2v) is 3.72. The van der Waals surface area contributed by atoms with E-state index in [9.17, 15) is 0 Å². The summed E-state index contributed by atoms with van der Waals surface area (Å²) in [6, 6.07) is 0. The Bertz CT molecular complexity index is 148. The Morgan fingerprint density at radius 2 is 1.59 bits per heavy atom. The molecule has 2 rings (SSSR count). The monoisotopic (exact) mass is 251 g/mol. The summed E-state index contributed by atoms with van der Waals surface area (Å²) in [5.41, 5.74) is 4.50. The van der Waals surface area contributed by atoms with Crippen LogP contribution in [0.1, 0.15) is 19.8 Å². The van der Waals surface area contributed by atoms with Gasteiger partial charge < -0.3 is 30.2 Å². The van der Waals surface area contributed by atoms with Crippen molar-refractivity contribution in [3.8, 4) is 0 Å². The van der Waals surface area contributed by atoms with Gasteiger partial charge in [0.05, 0.1) is 26.4 Å². The van der Waals surface area contributed by atoms with E-state index in [0.29, 0.717) is 18.6 Å². The van der Waals surface area contributed by atoms with Crippen molar-refractivity contribution in [2.24, 2.45) is 5.73 Å². The third kappa shape index (κ3) is 13.7. The fourth-order valence-corrected chi connectivity index (χ4v) is 0.918. The lowest BCUT2D eigenvalue weighted by Crippen LogP contribution is -2.06. The van der Waals surface area contributed by atoms with Gasteiger partial charge in [0.25, 0.3) is 0 Å². The fraction of sp³-hybridized carbons (Fsp3) is 1.00.